The molecule has 4 rings (SSSR count). The number of hydrogen-bond acceptors (Lipinski definition) is 13. The summed E-state index contributed by atoms with van der Waals surface area (Å²) >= 11 is 0.978. The van der Waals surface area contributed by atoms with Crippen LogP contribution in [0.15, 0.2) is 60.2 Å². The molecule has 31 heavy (non-hydrogen) atoms. The minimum Gasteiger partial charge on any atom is -0.505 e. The van der Waals surface area contributed by atoms with Crippen LogP contribution < -0.4 is 5.14 Å². The maximum atomic E-state index is 11.6. The Morgan fingerprint density at radius 2 is 1.90 bits per heavy atom. The summed E-state index contributed by atoms with van der Waals surface area (Å²) in [7, 11) is -3.90. The van der Waals surface area contributed by atoms with Gasteiger partial charge < -0.3 is 14.7 Å². The Balaban J connectivity index is 1.69. The number of rotatable bonds is 5. The Kier molecular flexibility index (Phi) is 5.14. The van der Waals surface area contributed by atoms with Crippen molar-refractivity contribution in [3.63, 3.8) is 0 Å². The third-order valence-corrected chi connectivity index (χ3v) is 5.54. The van der Waals surface area contributed by atoms with Gasteiger partial charge in [-0.2, -0.15) is 9.36 Å². The fourth-order valence-corrected chi connectivity index (χ4v) is 3.64. The van der Waals surface area contributed by atoms with Gasteiger partial charge in [-0.3, -0.25) is 0 Å². The van der Waals surface area contributed by atoms with E-state index in [0.717, 1.165) is 11.5 Å². The van der Waals surface area contributed by atoms with Crippen molar-refractivity contribution in [2.24, 2.45) is 25.6 Å². The molecule has 0 saturated carbocycles. The van der Waals surface area contributed by atoms with Crippen LogP contribution in [-0.4, -0.2) is 33.1 Å². The molecule has 0 fully saturated rings. The van der Waals surface area contributed by atoms with Crippen LogP contribution in [-0.2, 0) is 10.0 Å². The molecule has 0 bridgehead atoms. The van der Waals surface area contributed by atoms with Gasteiger partial charge in [0.15, 0.2) is 22.3 Å². The first kappa shape index (κ1) is 20.5. The average Bonchev–Trinajstić information content (AvgIpc) is 3.32. The maximum absolute atomic E-state index is 11.6. The Bertz CT molecular complexity index is 1460. The molecule has 0 aliphatic rings. The zero-order chi connectivity index (χ0) is 22.2. The number of nitrogens with zero attached hydrogens (tertiary/aromatic N) is 7. The van der Waals surface area contributed by atoms with E-state index in [4.69, 9.17) is 9.66 Å². The van der Waals surface area contributed by atoms with Crippen molar-refractivity contribution in [1.82, 2.24) is 14.5 Å². The molecule has 2 aromatic heterocycles. The minimum atomic E-state index is -3.90. The van der Waals surface area contributed by atoms with Crippen molar-refractivity contribution in [2.45, 2.75) is 11.8 Å². The highest BCUT2D eigenvalue weighted by Gasteiger charge is 2.15. The highest BCUT2D eigenvalue weighted by Crippen LogP contribution is 2.44. The van der Waals surface area contributed by atoms with Gasteiger partial charge in [-0.05, 0) is 48.8 Å². The maximum Gasteiger partial charge on any atom is 0.366 e. The Morgan fingerprint density at radius 1 is 1.10 bits per heavy atom. The molecule has 2 aromatic carbocycles. The SMILES string of the molecule is Cc1noc(/N=N/c2c(O)ccc(/N=N/c3snc4ccc(S(N)(=O)=O)cc34)c2O)n1. The second kappa shape index (κ2) is 7.78. The van der Waals surface area contributed by atoms with Crippen LogP contribution in [0.4, 0.5) is 22.4 Å². The molecule has 0 radical (unpaired) electrons. The molecule has 13 nitrogen and oxygen atoms in total. The molecule has 2 heterocycles. The number of nitrogens with two attached hydrogens (primary N) is 1. The van der Waals surface area contributed by atoms with Crippen molar-refractivity contribution in [3.05, 3.63) is 36.2 Å². The van der Waals surface area contributed by atoms with E-state index < -0.39 is 15.8 Å². The van der Waals surface area contributed by atoms with Crippen LogP contribution in [0.5, 0.6) is 11.5 Å². The van der Waals surface area contributed by atoms with Crippen molar-refractivity contribution < 1.29 is 23.2 Å². The van der Waals surface area contributed by atoms with E-state index in [0.29, 0.717) is 16.7 Å². The van der Waals surface area contributed by atoms with Gasteiger partial charge in [0.2, 0.25) is 10.0 Å². The number of sulfonamides is 1. The van der Waals surface area contributed by atoms with Crippen molar-refractivity contribution in [2.75, 3.05) is 0 Å². The zero-order valence-electron chi connectivity index (χ0n) is 15.5. The fourth-order valence-electron chi connectivity index (χ4n) is 2.41. The van der Waals surface area contributed by atoms with E-state index in [-0.39, 0.29) is 33.0 Å². The topological polar surface area (TPSA) is 202 Å². The summed E-state index contributed by atoms with van der Waals surface area (Å²) in [5.74, 6) is -0.521. The number of fused-ring (bicyclic) bond motifs is 1. The number of hydrogen-bond donors (Lipinski definition) is 3. The number of primary sulfonamides is 1. The zero-order valence-corrected chi connectivity index (χ0v) is 17.2. The van der Waals surface area contributed by atoms with Crippen molar-refractivity contribution in [1.29, 1.82) is 0 Å². The van der Waals surface area contributed by atoms with E-state index in [9.17, 15) is 18.6 Å². The predicted molar refractivity (Wildman–Crippen MR) is 108 cm³/mol. The third kappa shape index (κ3) is 4.23. The Hall–Kier alpha value is -3.82. The molecule has 4 N–H and O–H groups in total. The first-order valence-electron chi connectivity index (χ1n) is 8.33. The lowest BCUT2D eigenvalue weighted by molar-refractivity contribution is 0.420. The van der Waals surface area contributed by atoms with E-state index in [2.05, 4.69) is 35.0 Å². The van der Waals surface area contributed by atoms with Gasteiger partial charge in [-0.25, -0.2) is 13.6 Å². The van der Waals surface area contributed by atoms with Crippen LogP contribution >= 0.6 is 11.5 Å². The summed E-state index contributed by atoms with van der Waals surface area (Å²) in [5.41, 5.74) is 0.196. The highest BCUT2D eigenvalue weighted by molar-refractivity contribution is 7.89. The summed E-state index contributed by atoms with van der Waals surface area (Å²) in [6.45, 7) is 1.59. The lowest BCUT2D eigenvalue weighted by Gasteiger charge is -2.03. The third-order valence-electron chi connectivity index (χ3n) is 3.87. The lowest BCUT2D eigenvalue weighted by Crippen LogP contribution is -2.11. The second-order valence-corrected chi connectivity index (χ2v) is 8.35. The summed E-state index contributed by atoms with van der Waals surface area (Å²) in [5, 5.41) is 45.2. The quantitative estimate of drug-likeness (QED) is 0.372. The molecule has 0 aliphatic heterocycles. The normalized spacial score (nSPS) is 12.5. The van der Waals surface area contributed by atoms with Gasteiger partial charge in [-0.15, -0.1) is 15.3 Å². The van der Waals surface area contributed by atoms with Gasteiger partial charge in [-0.1, -0.05) is 10.3 Å². The van der Waals surface area contributed by atoms with Gasteiger partial charge in [0, 0.05) is 5.39 Å². The van der Waals surface area contributed by atoms with Crippen LogP contribution in [0.2, 0.25) is 0 Å². The van der Waals surface area contributed by atoms with Crippen LogP contribution in [0.3, 0.4) is 0 Å². The van der Waals surface area contributed by atoms with E-state index in [1.54, 1.807) is 6.92 Å². The average molecular weight is 460 g/mol. The van der Waals surface area contributed by atoms with Gasteiger partial charge >= 0.3 is 6.01 Å². The fraction of sp³-hybridized carbons (Fsp3) is 0.0625. The molecule has 0 spiro atoms. The molecule has 0 aliphatic carbocycles. The van der Waals surface area contributed by atoms with Gasteiger partial charge in [0.05, 0.1) is 10.4 Å². The molecule has 0 saturated heterocycles. The molecule has 158 valence electrons. The highest BCUT2D eigenvalue weighted by atomic mass is 32.2. The Morgan fingerprint density at radius 3 is 2.61 bits per heavy atom. The number of azo groups is 2. The van der Waals surface area contributed by atoms with Crippen LogP contribution in [0.25, 0.3) is 10.9 Å². The molecule has 4 aromatic rings. The first-order valence-corrected chi connectivity index (χ1v) is 10.7. The number of phenolic OH excluding ortho intramolecular Hbond substituents is 2. The van der Waals surface area contributed by atoms with E-state index in [1.165, 1.54) is 30.3 Å². The van der Waals surface area contributed by atoms with Crippen LogP contribution in [0.1, 0.15) is 5.82 Å². The molecular formula is C16H12N8O5S2. The number of aromatic hydroxyl groups is 2. The number of phenols is 2. The smallest absolute Gasteiger partial charge is 0.366 e. The van der Waals surface area contributed by atoms with Gasteiger partial charge in [0.25, 0.3) is 0 Å². The minimum absolute atomic E-state index is 0.0300. The summed E-state index contributed by atoms with van der Waals surface area (Å²) in [6, 6.07) is 6.57. The Labute approximate surface area is 177 Å². The second-order valence-electron chi connectivity index (χ2n) is 6.04. The lowest BCUT2D eigenvalue weighted by atomic mass is 10.2. The summed E-state index contributed by atoms with van der Waals surface area (Å²) in [6.07, 6.45) is 0. The molecule has 0 amide bonds. The van der Waals surface area contributed by atoms with Crippen LogP contribution in [0, 0.1) is 6.92 Å². The van der Waals surface area contributed by atoms with E-state index >= 15 is 0 Å². The molecule has 0 unspecified atom stereocenters. The molecule has 15 heteroatoms. The van der Waals surface area contributed by atoms with Crippen molar-refractivity contribution >= 4 is 54.8 Å². The first-order chi connectivity index (χ1) is 14.7. The molecule has 0 atom stereocenters. The predicted octanol–water partition coefficient (Wildman–Crippen LogP) is 3.88. The van der Waals surface area contributed by atoms with Gasteiger partial charge in [0.1, 0.15) is 11.4 Å². The molecular weight excluding hydrogens is 448 g/mol. The van der Waals surface area contributed by atoms with E-state index in [1.807, 2.05) is 0 Å². The number of benzene rings is 2. The largest absolute Gasteiger partial charge is 0.505 e. The number of aromatic nitrogens is 3. The monoisotopic (exact) mass is 460 g/mol. The summed E-state index contributed by atoms with van der Waals surface area (Å²) < 4.78 is 32.1. The number of aryl methyl sites for hydroxylation is 1. The summed E-state index contributed by atoms with van der Waals surface area (Å²) in [4.78, 5) is 3.74. The van der Waals surface area contributed by atoms with Crippen molar-refractivity contribution in [3.8, 4) is 11.5 Å². The standard InChI is InChI=1S/C16H12N8O5S2/c1-7-18-16(29-23-7)22-20-13-12(25)5-4-11(14(13)26)19-21-15-9-6-8(31(17,27)28)2-3-10(9)24-30-15/h2-6,25-26H,1H3,(H2,17,27,28)/b21-19+,22-20+.